The molecule has 0 saturated heterocycles. The van der Waals surface area contributed by atoms with Gasteiger partial charge in [-0.3, -0.25) is 20.4 Å². The zero-order valence-corrected chi connectivity index (χ0v) is 16.0. The fourth-order valence-corrected chi connectivity index (χ4v) is 2.48. The van der Waals surface area contributed by atoms with Crippen LogP contribution in [-0.2, 0) is 0 Å². The second kappa shape index (κ2) is 9.00. The zero-order chi connectivity index (χ0) is 20.0. The van der Waals surface area contributed by atoms with Gasteiger partial charge in [0.1, 0.15) is 11.5 Å². The first-order chi connectivity index (χ1) is 12.9. The van der Waals surface area contributed by atoms with Crippen molar-refractivity contribution in [1.82, 2.24) is 10.9 Å². The molecule has 2 rings (SSSR count). The summed E-state index contributed by atoms with van der Waals surface area (Å²) in [5.74, 6) is 0.101. The Morgan fingerprint density at radius 3 is 1.70 bits per heavy atom. The first-order valence-electron chi connectivity index (χ1n) is 7.69. The van der Waals surface area contributed by atoms with Gasteiger partial charge in [-0.15, -0.1) is 0 Å². The van der Waals surface area contributed by atoms with E-state index in [9.17, 15) is 9.59 Å². The molecular formula is C18H19ClN2O6. The largest absolute Gasteiger partial charge is 0.496 e. The maximum atomic E-state index is 12.5. The monoisotopic (exact) mass is 394 g/mol. The van der Waals surface area contributed by atoms with Crippen LogP contribution in [0.4, 0.5) is 0 Å². The molecule has 0 spiro atoms. The van der Waals surface area contributed by atoms with Crippen LogP contribution in [0.1, 0.15) is 20.7 Å². The number of ether oxygens (including phenoxy) is 4. The third-order valence-electron chi connectivity index (χ3n) is 3.65. The van der Waals surface area contributed by atoms with E-state index in [2.05, 4.69) is 10.9 Å². The Bertz CT molecular complexity index is 856. The third-order valence-corrected chi connectivity index (χ3v) is 3.88. The lowest BCUT2D eigenvalue weighted by atomic mass is 10.1. The number of hydrogen-bond donors (Lipinski definition) is 2. The normalized spacial score (nSPS) is 9.96. The van der Waals surface area contributed by atoms with Gasteiger partial charge < -0.3 is 18.9 Å². The summed E-state index contributed by atoms with van der Waals surface area (Å²) in [4.78, 5) is 24.8. The first-order valence-corrected chi connectivity index (χ1v) is 8.07. The van der Waals surface area contributed by atoms with E-state index < -0.39 is 11.8 Å². The van der Waals surface area contributed by atoms with Gasteiger partial charge in [-0.1, -0.05) is 11.6 Å². The summed E-state index contributed by atoms with van der Waals surface area (Å²) >= 11 is 5.91. The summed E-state index contributed by atoms with van der Waals surface area (Å²) in [5.41, 5.74) is 4.95. The van der Waals surface area contributed by atoms with Crippen molar-refractivity contribution < 1.29 is 28.5 Å². The van der Waals surface area contributed by atoms with Gasteiger partial charge in [0.2, 0.25) is 0 Å². The first kappa shape index (κ1) is 20.2. The maximum Gasteiger partial charge on any atom is 0.273 e. The molecule has 0 heterocycles. The van der Waals surface area contributed by atoms with Gasteiger partial charge in [0.25, 0.3) is 11.8 Å². The van der Waals surface area contributed by atoms with E-state index in [1.54, 1.807) is 12.1 Å². The highest BCUT2D eigenvalue weighted by Crippen LogP contribution is 2.34. The van der Waals surface area contributed by atoms with Gasteiger partial charge in [0, 0.05) is 17.2 Å². The molecule has 2 aromatic rings. The Labute approximate surface area is 161 Å². The summed E-state index contributed by atoms with van der Waals surface area (Å²) in [6.07, 6.45) is 0. The molecule has 8 nitrogen and oxygen atoms in total. The van der Waals surface area contributed by atoms with Gasteiger partial charge in [-0.25, -0.2) is 0 Å². The van der Waals surface area contributed by atoms with E-state index in [4.69, 9.17) is 30.5 Å². The predicted molar refractivity (Wildman–Crippen MR) is 99.0 cm³/mol. The van der Waals surface area contributed by atoms with Crippen LogP contribution in [0.15, 0.2) is 30.3 Å². The number of hydrogen-bond acceptors (Lipinski definition) is 6. The molecule has 0 unspecified atom stereocenters. The van der Waals surface area contributed by atoms with E-state index in [-0.39, 0.29) is 16.9 Å². The van der Waals surface area contributed by atoms with Crippen molar-refractivity contribution in [2.75, 3.05) is 28.4 Å². The van der Waals surface area contributed by atoms with Crippen molar-refractivity contribution in [1.29, 1.82) is 0 Å². The van der Waals surface area contributed by atoms with E-state index >= 15 is 0 Å². The van der Waals surface area contributed by atoms with Gasteiger partial charge >= 0.3 is 0 Å². The highest BCUT2D eigenvalue weighted by molar-refractivity contribution is 6.31. The molecule has 2 amide bonds. The van der Waals surface area contributed by atoms with Crippen LogP contribution in [0.3, 0.4) is 0 Å². The number of methoxy groups -OCH3 is 4. The lowest BCUT2D eigenvalue weighted by Gasteiger charge is -2.15. The molecule has 0 aliphatic rings. The standard InChI is InChI=1S/C18H19ClN2O6/c1-24-13-6-5-10(19)7-11(13)17(22)20-21-18(23)12-8-15(26-3)16(27-4)9-14(12)25-2/h5-9H,1-4H3,(H,20,22)(H,21,23). The number of benzene rings is 2. The van der Waals surface area contributed by atoms with Crippen molar-refractivity contribution >= 4 is 23.4 Å². The van der Waals surface area contributed by atoms with Gasteiger partial charge in [-0.2, -0.15) is 0 Å². The van der Waals surface area contributed by atoms with Crippen molar-refractivity contribution in [2.45, 2.75) is 0 Å². The number of halogens is 1. The molecule has 0 aliphatic carbocycles. The average molecular weight is 395 g/mol. The lowest BCUT2D eigenvalue weighted by molar-refractivity contribution is 0.0843. The molecule has 2 aromatic carbocycles. The number of rotatable bonds is 6. The molecule has 0 aromatic heterocycles. The quantitative estimate of drug-likeness (QED) is 0.731. The Morgan fingerprint density at radius 1 is 0.704 bits per heavy atom. The average Bonchev–Trinajstić information content (AvgIpc) is 2.70. The fourth-order valence-electron chi connectivity index (χ4n) is 2.31. The second-order valence-corrected chi connectivity index (χ2v) is 5.60. The van der Waals surface area contributed by atoms with E-state index in [0.717, 1.165) is 0 Å². The molecule has 144 valence electrons. The predicted octanol–water partition coefficient (Wildman–Crippen LogP) is 2.45. The summed E-state index contributed by atoms with van der Waals surface area (Å²) in [6.45, 7) is 0. The van der Waals surface area contributed by atoms with E-state index in [1.165, 1.54) is 46.6 Å². The highest BCUT2D eigenvalue weighted by atomic mass is 35.5. The summed E-state index contributed by atoms with van der Waals surface area (Å²) in [7, 11) is 5.75. The SMILES string of the molecule is COc1cc(OC)c(C(=O)NNC(=O)c2cc(Cl)ccc2OC)cc1OC. The number of carbonyl (C=O) groups excluding carboxylic acids is 2. The van der Waals surface area contributed by atoms with Crippen molar-refractivity contribution in [3.05, 3.63) is 46.5 Å². The van der Waals surface area contributed by atoms with Crippen LogP contribution in [-0.4, -0.2) is 40.3 Å². The van der Waals surface area contributed by atoms with Crippen molar-refractivity contribution in [3.63, 3.8) is 0 Å². The van der Waals surface area contributed by atoms with Crippen LogP contribution < -0.4 is 29.8 Å². The Kier molecular flexibility index (Phi) is 6.73. The Hall–Kier alpha value is -3.13. The number of carbonyl (C=O) groups is 2. The summed E-state index contributed by atoms with van der Waals surface area (Å²) in [5, 5.41) is 0.355. The molecule has 0 fully saturated rings. The second-order valence-electron chi connectivity index (χ2n) is 5.16. The number of nitrogens with one attached hydrogen (secondary N) is 2. The number of amides is 2. The molecule has 27 heavy (non-hydrogen) atoms. The van der Waals surface area contributed by atoms with Gasteiger partial charge in [0.05, 0.1) is 39.6 Å². The Balaban J connectivity index is 2.21. The zero-order valence-electron chi connectivity index (χ0n) is 15.2. The minimum atomic E-state index is -0.609. The third kappa shape index (κ3) is 4.53. The maximum absolute atomic E-state index is 12.5. The van der Waals surface area contributed by atoms with Crippen LogP contribution in [0, 0.1) is 0 Å². The van der Waals surface area contributed by atoms with E-state index in [1.807, 2.05) is 0 Å². The summed E-state index contributed by atoms with van der Waals surface area (Å²) in [6, 6.07) is 7.52. The molecular weight excluding hydrogens is 376 g/mol. The van der Waals surface area contributed by atoms with Crippen LogP contribution >= 0.6 is 11.6 Å². The molecule has 0 saturated carbocycles. The molecule has 0 atom stereocenters. The Morgan fingerprint density at radius 2 is 1.19 bits per heavy atom. The van der Waals surface area contributed by atoms with Crippen LogP contribution in [0.2, 0.25) is 5.02 Å². The molecule has 9 heteroatoms. The minimum Gasteiger partial charge on any atom is -0.496 e. The van der Waals surface area contributed by atoms with Crippen molar-refractivity contribution in [3.8, 4) is 23.0 Å². The minimum absolute atomic E-state index is 0.147. The van der Waals surface area contributed by atoms with Crippen LogP contribution in [0.25, 0.3) is 0 Å². The molecule has 0 bridgehead atoms. The molecule has 0 aliphatic heterocycles. The highest BCUT2D eigenvalue weighted by Gasteiger charge is 2.19. The molecule has 2 N–H and O–H groups in total. The molecule has 0 radical (unpaired) electrons. The lowest BCUT2D eigenvalue weighted by Crippen LogP contribution is -2.41. The number of hydrazine groups is 1. The van der Waals surface area contributed by atoms with Crippen LogP contribution in [0.5, 0.6) is 23.0 Å². The van der Waals surface area contributed by atoms with E-state index in [0.29, 0.717) is 22.3 Å². The van der Waals surface area contributed by atoms with Crippen molar-refractivity contribution in [2.24, 2.45) is 0 Å². The van der Waals surface area contributed by atoms with Gasteiger partial charge in [0.15, 0.2) is 11.5 Å². The summed E-state index contributed by atoms with van der Waals surface area (Å²) < 4.78 is 20.7. The smallest absolute Gasteiger partial charge is 0.273 e. The van der Waals surface area contributed by atoms with Gasteiger partial charge in [-0.05, 0) is 18.2 Å². The topological polar surface area (TPSA) is 95.1 Å². The fraction of sp³-hybridized carbons (Fsp3) is 0.222.